The van der Waals surface area contributed by atoms with E-state index in [9.17, 15) is 4.79 Å². The number of amides is 2. The van der Waals surface area contributed by atoms with Crippen LogP contribution >= 0.6 is 0 Å². The molecule has 76 valence electrons. The summed E-state index contributed by atoms with van der Waals surface area (Å²) in [5, 5.41) is 6.47. The minimum absolute atomic E-state index is 0.00882. The molecule has 0 aromatic carbocycles. The molecule has 0 heterocycles. The first-order valence-corrected chi connectivity index (χ1v) is 4.42. The van der Waals surface area contributed by atoms with Gasteiger partial charge in [-0.3, -0.25) is 0 Å². The standard InChI is InChI=1S/C9H19N3O/c1-7(2)11-8(13)12-10-6-9(3,4)5/h6-7H,1-5H3,(H2,11,12,13)/b10-6+. The first-order chi connectivity index (χ1) is 5.81. The molecule has 2 amide bonds. The Morgan fingerprint density at radius 1 is 1.38 bits per heavy atom. The number of rotatable bonds is 2. The van der Waals surface area contributed by atoms with Crippen LogP contribution in [0.3, 0.4) is 0 Å². The van der Waals surface area contributed by atoms with Crippen LogP contribution in [0.1, 0.15) is 34.6 Å². The summed E-state index contributed by atoms with van der Waals surface area (Å²) in [5.41, 5.74) is 2.38. The van der Waals surface area contributed by atoms with E-state index in [4.69, 9.17) is 0 Å². The Morgan fingerprint density at radius 3 is 2.31 bits per heavy atom. The lowest BCUT2D eigenvalue weighted by Gasteiger charge is -2.10. The van der Waals surface area contributed by atoms with Crippen LogP contribution in [-0.4, -0.2) is 18.3 Å². The lowest BCUT2D eigenvalue weighted by molar-refractivity contribution is 0.239. The van der Waals surface area contributed by atoms with Crippen LogP contribution in [0.5, 0.6) is 0 Å². The van der Waals surface area contributed by atoms with E-state index < -0.39 is 0 Å². The monoisotopic (exact) mass is 185 g/mol. The maximum atomic E-state index is 11.0. The van der Waals surface area contributed by atoms with Crippen LogP contribution in [0.4, 0.5) is 4.79 Å². The Bertz CT molecular complexity index is 192. The van der Waals surface area contributed by atoms with Crippen LogP contribution in [-0.2, 0) is 0 Å². The maximum Gasteiger partial charge on any atom is 0.335 e. The molecule has 0 aliphatic carbocycles. The maximum absolute atomic E-state index is 11.0. The molecule has 0 aliphatic heterocycles. The average Bonchev–Trinajstić information content (AvgIpc) is 1.81. The summed E-state index contributed by atoms with van der Waals surface area (Å²) in [5.74, 6) is 0. The number of hydrogen-bond acceptors (Lipinski definition) is 2. The quantitative estimate of drug-likeness (QED) is 0.499. The van der Waals surface area contributed by atoms with Crippen molar-refractivity contribution in [1.82, 2.24) is 10.7 Å². The molecular formula is C9H19N3O. The van der Waals surface area contributed by atoms with Crippen molar-refractivity contribution in [2.75, 3.05) is 0 Å². The fourth-order valence-corrected chi connectivity index (χ4v) is 0.579. The molecule has 13 heavy (non-hydrogen) atoms. The van der Waals surface area contributed by atoms with Gasteiger partial charge >= 0.3 is 6.03 Å². The second kappa shape index (κ2) is 4.84. The predicted molar refractivity (Wildman–Crippen MR) is 54.8 cm³/mol. The van der Waals surface area contributed by atoms with Crippen molar-refractivity contribution in [2.45, 2.75) is 40.7 Å². The summed E-state index contributed by atoms with van der Waals surface area (Å²) >= 11 is 0. The second-order valence-corrected chi connectivity index (χ2v) is 4.36. The third-order valence-electron chi connectivity index (χ3n) is 1.04. The number of carbonyl (C=O) groups is 1. The van der Waals surface area contributed by atoms with E-state index >= 15 is 0 Å². The van der Waals surface area contributed by atoms with Gasteiger partial charge < -0.3 is 5.32 Å². The predicted octanol–water partition coefficient (Wildman–Crippen LogP) is 1.73. The SMILES string of the molecule is CC(C)NC(=O)N/N=C/C(C)(C)C. The van der Waals surface area contributed by atoms with Gasteiger partial charge in [-0.15, -0.1) is 0 Å². The van der Waals surface area contributed by atoms with Crippen LogP contribution in [0.25, 0.3) is 0 Å². The Kier molecular flexibility index (Phi) is 4.45. The first kappa shape index (κ1) is 11.9. The van der Waals surface area contributed by atoms with Crippen LogP contribution in [0.15, 0.2) is 5.10 Å². The zero-order valence-electron chi connectivity index (χ0n) is 9.01. The topological polar surface area (TPSA) is 53.5 Å². The lowest BCUT2D eigenvalue weighted by atomic mass is 9.99. The minimum Gasteiger partial charge on any atom is -0.335 e. The van der Waals surface area contributed by atoms with Crippen molar-refractivity contribution in [2.24, 2.45) is 10.5 Å². The van der Waals surface area contributed by atoms with Crippen molar-refractivity contribution >= 4 is 12.2 Å². The largest absolute Gasteiger partial charge is 0.335 e. The van der Waals surface area contributed by atoms with E-state index in [1.54, 1.807) is 6.21 Å². The minimum atomic E-state index is -0.268. The zero-order chi connectivity index (χ0) is 10.5. The van der Waals surface area contributed by atoms with Crippen molar-refractivity contribution < 1.29 is 4.79 Å². The molecule has 0 saturated heterocycles. The van der Waals surface area contributed by atoms with E-state index in [0.29, 0.717) is 0 Å². The molecule has 4 heteroatoms. The lowest BCUT2D eigenvalue weighted by Crippen LogP contribution is -2.37. The number of carbonyl (C=O) groups excluding carboxylic acids is 1. The summed E-state index contributed by atoms with van der Waals surface area (Å²) in [6.45, 7) is 9.83. The van der Waals surface area contributed by atoms with E-state index in [1.165, 1.54) is 0 Å². The molecule has 0 unspecified atom stereocenters. The van der Waals surface area contributed by atoms with Crippen LogP contribution in [0.2, 0.25) is 0 Å². The molecule has 0 saturated carbocycles. The normalized spacial score (nSPS) is 12.2. The van der Waals surface area contributed by atoms with E-state index in [0.717, 1.165) is 0 Å². The number of nitrogens with one attached hydrogen (secondary N) is 2. The zero-order valence-corrected chi connectivity index (χ0v) is 9.01. The summed E-state index contributed by atoms with van der Waals surface area (Å²) in [6, 6.07) is -0.139. The number of hydrogen-bond donors (Lipinski definition) is 2. The van der Waals surface area contributed by atoms with Crippen LogP contribution < -0.4 is 10.7 Å². The molecule has 4 nitrogen and oxygen atoms in total. The molecule has 0 radical (unpaired) electrons. The van der Waals surface area contributed by atoms with E-state index in [2.05, 4.69) is 15.8 Å². The third kappa shape index (κ3) is 8.85. The smallest absolute Gasteiger partial charge is 0.335 e. The van der Waals surface area contributed by atoms with Crippen molar-refractivity contribution in [3.63, 3.8) is 0 Å². The van der Waals surface area contributed by atoms with Gasteiger partial charge in [-0.25, -0.2) is 10.2 Å². The van der Waals surface area contributed by atoms with Crippen molar-refractivity contribution in [3.8, 4) is 0 Å². The number of nitrogens with zero attached hydrogens (tertiary/aromatic N) is 1. The number of urea groups is 1. The van der Waals surface area contributed by atoms with Gasteiger partial charge in [0.15, 0.2) is 0 Å². The fourth-order valence-electron chi connectivity index (χ4n) is 0.579. The molecule has 0 aromatic heterocycles. The van der Waals surface area contributed by atoms with Crippen molar-refractivity contribution in [1.29, 1.82) is 0 Å². The molecule has 0 atom stereocenters. The highest BCUT2D eigenvalue weighted by Crippen LogP contribution is 2.07. The fraction of sp³-hybridized carbons (Fsp3) is 0.778. The van der Waals surface area contributed by atoms with Crippen LogP contribution in [0, 0.1) is 5.41 Å². The Morgan fingerprint density at radius 2 is 1.92 bits per heavy atom. The number of hydrazone groups is 1. The molecule has 0 fully saturated rings. The van der Waals surface area contributed by atoms with Gasteiger partial charge in [0, 0.05) is 12.3 Å². The van der Waals surface area contributed by atoms with Gasteiger partial charge in [-0.2, -0.15) is 5.10 Å². The molecule has 0 spiro atoms. The van der Waals surface area contributed by atoms with Gasteiger partial charge in [0.2, 0.25) is 0 Å². The highest BCUT2D eigenvalue weighted by Gasteiger charge is 2.05. The van der Waals surface area contributed by atoms with Gasteiger partial charge in [0.05, 0.1) is 0 Å². The third-order valence-corrected chi connectivity index (χ3v) is 1.04. The molecular weight excluding hydrogens is 166 g/mol. The van der Waals surface area contributed by atoms with Gasteiger partial charge in [0.25, 0.3) is 0 Å². The molecule has 0 aliphatic rings. The van der Waals surface area contributed by atoms with Gasteiger partial charge in [0.1, 0.15) is 0 Å². The molecule has 2 N–H and O–H groups in total. The molecule has 0 rings (SSSR count). The summed E-state index contributed by atoms with van der Waals surface area (Å²) in [4.78, 5) is 11.0. The van der Waals surface area contributed by atoms with Gasteiger partial charge in [-0.05, 0) is 19.3 Å². The summed E-state index contributed by atoms with van der Waals surface area (Å²) < 4.78 is 0. The molecule has 0 aromatic rings. The van der Waals surface area contributed by atoms with Gasteiger partial charge in [-0.1, -0.05) is 20.8 Å². The Balaban J connectivity index is 3.77. The first-order valence-electron chi connectivity index (χ1n) is 4.42. The second-order valence-electron chi connectivity index (χ2n) is 4.36. The highest BCUT2D eigenvalue weighted by atomic mass is 16.2. The van der Waals surface area contributed by atoms with E-state index in [1.807, 2.05) is 34.6 Å². The summed E-state index contributed by atoms with van der Waals surface area (Å²) in [6.07, 6.45) is 1.70. The molecule has 0 bridgehead atoms. The highest BCUT2D eigenvalue weighted by molar-refractivity contribution is 5.75. The Hall–Kier alpha value is -1.06. The summed E-state index contributed by atoms with van der Waals surface area (Å²) in [7, 11) is 0. The Labute approximate surface area is 79.8 Å². The average molecular weight is 185 g/mol. The van der Waals surface area contributed by atoms with E-state index in [-0.39, 0.29) is 17.5 Å². The van der Waals surface area contributed by atoms with Crippen molar-refractivity contribution in [3.05, 3.63) is 0 Å².